The van der Waals surface area contributed by atoms with E-state index >= 15 is 0 Å². The van der Waals surface area contributed by atoms with E-state index < -0.39 is 5.97 Å². The zero-order valence-corrected chi connectivity index (χ0v) is 10.5. The average Bonchev–Trinajstić information content (AvgIpc) is 2.34. The number of aryl methyl sites for hydroxylation is 1. The van der Waals surface area contributed by atoms with Gasteiger partial charge in [-0.25, -0.2) is 0 Å². The molecular weight excluding hydrogens is 232 g/mol. The van der Waals surface area contributed by atoms with Crippen LogP contribution in [0.5, 0.6) is 5.75 Å². The number of piperidine rings is 1. The summed E-state index contributed by atoms with van der Waals surface area (Å²) in [5, 5.41) is 18.8. The van der Waals surface area contributed by atoms with Gasteiger partial charge in [0.2, 0.25) is 0 Å². The molecule has 1 aromatic rings. The van der Waals surface area contributed by atoms with Gasteiger partial charge >= 0.3 is 5.97 Å². The molecule has 1 saturated heterocycles. The predicted molar refractivity (Wildman–Crippen MR) is 66.3 cm³/mol. The molecule has 5 nitrogen and oxygen atoms in total. The van der Waals surface area contributed by atoms with Crippen molar-refractivity contribution in [3.63, 3.8) is 0 Å². The molecule has 1 aliphatic rings. The van der Waals surface area contributed by atoms with Crippen LogP contribution in [0.3, 0.4) is 0 Å². The van der Waals surface area contributed by atoms with Crippen LogP contribution in [-0.2, 0) is 11.3 Å². The SMILES string of the molecule is Cc1ccc(O)c(CN2CCCC(C(=O)O)C2)n1. The summed E-state index contributed by atoms with van der Waals surface area (Å²) in [6.07, 6.45) is 1.61. The highest BCUT2D eigenvalue weighted by Crippen LogP contribution is 2.21. The molecule has 1 aliphatic heterocycles. The monoisotopic (exact) mass is 250 g/mol. The Morgan fingerprint density at radius 2 is 2.33 bits per heavy atom. The zero-order chi connectivity index (χ0) is 13.1. The fourth-order valence-corrected chi connectivity index (χ4v) is 2.33. The summed E-state index contributed by atoms with van der Waals surface area (Å²) in [5.74, 6) is -0.857. The molecule has 2 heterocycles. The molecule has 0 bridgehead atoms. The van der Waals surface area contributed by atoms with Gasteiger partial charge in [-0.3, -0.25) is 14.7 Å². The van der Waals surface area contributed by atoms with Gasteiger partial charge in [-0.05, 0) is 38.4 Å². The molecule has 0 amide bonds. The Bertz CT molecular complexity index is 448. The van der Waals surface area contributed by atoms with Crippen molar-refractivity contribution in [2.75, 3.05) is 13.1 Å². The topological polar surface area (TPSA) is 73.7 Å². The molecule has 1 fully saturated rings. The number of rotatable bonds is 3. The molecule has 0 spiro atoms. The molecule has 2 N–H and O–H groups in total. The largest absolute Gasteiger partial charge is 0.506 e. The van der Waals surface area contributed by atoms with Crippen LogP contribution in [0.1, 0.15) is 24.2 Å². The summed E-state index contributed by atoms with van der Waals surface area (Å²) < 4.78 is 0. The van der Waals surface area contributed by atoms with Crippen LogP contribution in [0, 0.1) is 12.8 Å². The van der Waals surface area contributed by atoms with E-state index in [1.165, 1.54) is 0 Å². The molecule has 18 heavy (non-hydrogen) atoms. The molecule has 1 aromatic heterocycles. The van der Waals surface area contributed by atoms with Gasteiger partial charge in [0.05, 0.1) is 11.6 Å². The van der Waals surface area contributed by atoms with E-state index in [1.54, 1.807) is 12.1 Å². The minimum Gasteiger partial charge on any atom is -0.506 e. The summed E-state index contributed by atoms with van der Waals surface area (Å²) in [6, 6.07) is 3.39. The van der Waals surface area contributed by atoms with Gasteiger partial charge in [0.1, 0.15) is 5.75 Å². The van der Waals surface area contributed by atoms with Gasteiger partial charge in [0, 0.05) is 18.8 Å². The van der Waals surface area contributed by atoms with Crippen molar-refractivity contribution < 1.29 is 15.0 Å². The third-order valence-corrected chi connectivity index (χ3v) is 3.32. The normalized spacial score (nSPS) is 20.8. The molecule has 5 heteroatoms. The zero-order valence-electron chi connectivity index (χ0n) is 10.5. The van der Waals surface area contributed by atoms with Gasteiger partial charge in [-0.1, -0.05) is 0 Å². The average molecular weight is 250 g/mol. The first-order valence-electron chi connectivity index (χ1n) is 6.17. The third kappa shape index (κ3) is 2.98. The van der Waals surface area contributed by atoms with Crippen LogP contribution in [0.25, 0.3) is 0 Å². The summed E-state index contributed by atoms with van der Waals surface area (Å²) in [5.41, 5.74) is 1.48. The Morgan fingerprint density at radius 1 is 1.56 bits per heavy atom. The van der Waals surface area contributed by atoms with Crippen LogP contribution >= 0.6 is 0 Å². The van der Waals surface area contributed by atoms with Crippen molar-refractivity contribution >= 4 is 5.97 Å². The number of aromatic hydroxyl groups is 1. The lowest BCUT2D eigenvalue weighted by atomic mass is 9.98. The number of carboxylic acid groups (broad SMARTS) is 1. The Labute approximate surface area is 106 Å². The number of aliphatic carboxylic acids is 1. The fourth-order valence-electron chi connectivity index (χ4n) is 2.33. The molecule has 0 aromatic carbocycles. The number of aromatic nitrogens is 1. The van der Waals surface area contributed by atoms with Gasteiger partial charge < -0.3 is 10.2 Å². The van der Waals surface area contributed by atoms with Gasteiger partial charge in [0.15, 0.2) is 0 Å². The quantitative estimate of drug-likeness (QED) is 0.848. The lowest BCUT2D eigenvalue weighted by Crippen LogP contribution is -2.38. The van der Waals surface area contributed by atoms with Gasteiger partial charge in [-0.2, -0.15) is 0 Å². The maximum absolute atomic E-state index is 11.0. The second kappa shape index (κ2) is 5.35. The lowest BCUT2D eigenvalue weighted by Gasteiger charge is -2.30. The predicted octanol–water partition coefficient (Wildman–Crippen LogP) is 1.39. The molecule has 0 saturated carbocycles. The van der Waals surface area contributed by atoms with Crippen molar-refractivity contribution in [3.8, 4) is 5.75 Å². The number of carbonyl (C=O) groups is 1. The van der Waals surface area contributed by atoms with E-state index in [1.807, 2.05) is 11.8 Å². The first-order valence-corrected chi connectivity index (χ1v) is 6.17. The van der Waals surface area contributed by atoms with Crippen molar-refractivity contribution in [2.45, 2.75) is 26.3 Å². The maximum Gasteiger partial charge on any atom is 0.307 e. The molecule has 1 atom stereocenters. The van der Waals surface area contributed by atoms with Crippen molar-refractivity contribution in [1.82, 2.24) is 9.88 Å². The summed E-state index contributed by atoms with van der Waals surface area (Å²) in [6.45, 7) is 3.78. The molecule has 0 radical (unpaired) electrons. The lowest BCUT2D eigenvalue weighted by molar-refractivity contribution is -0.143. The maximum atomic E-state index is 11.0. The Balaban J connectivity index is 2.04. The number of carboxylic acids is 1. The van der Waals surface area contributed by atoms with E-state index in [9.17, 15) is 9.90 Å². The summed E-state index contributed by atoms with van der Waals surface area (Å²) in [7, 11) is 0. The Kier molecular flexibility index (Phi) is 3.81. The third-order valence-electron chi connectivity index (χ3n) is 3.32. The fraction of sp³-hybridized carbons (Fsp3) is 0.538. The number of pyridine rings is 1. The number of likely N-dealkylation sites (tertiary alicyclic amines) is 1. The number of hydrogen-bond acceptors (Lipinski definition) is 4. The number of nitrogens with zero attached hydrogens (tertiary/aromatic N) is 2. The van der Waals surface area contributed by atoms with Crippen LogP contribution in [0.15, 0.2) is 12.1 Å². The van der Waals surface area contributed by atoms with Crippen LogP contribution < -0.4 is 0 Å². The van der Waals surface area contributed by atoms with E-state index in [2.05, 4.69) is 4.98 Å². The van der Waals surface area contributed by atoms with Gasteiger partial charge in [-0.15, -0.1) is 0 Å². The highest BCUT2D eigenvalue weighted by atomic mass is 16.4. The minimum absolute atomic E-state index is 0.179. The van der Waals surface area contributed by atoms with Crippen molar-refractivity contribution in [1.29, 1.82) is 0 Å². The highest BCUT2D eigenvalue weighted by Gasteiger charge is 2.25. The first kappa shape index (κ1) is 12.8. The summed E-state index contributed by atoms with van der Waals surface area (Å²) in [4.78, 5) is 17.3. The van der Waals surface area contributed by atoms with Crippen LogP contribution in [-0.4, -0.2) is 39.2 Å². The van der Waals surface area contributed by atoms with Crippen LogP contribution in [0.2, 0.25) is 0 Å². The van der Waals surface area contributed by atoms with Crippen molar-refractivity contribution in [3.05, 3.63) is 23.5 Å². The standard InChI is InChI=1S/C13H18N2O3/c1-9-4-5-12(16)11(14-9)8-15-6-2-3-10(7-15)13(17)18/h4-5,10,16H,2-3,6-8H2,1H3,(H,17,18). The van der Waals surface area contributed by atoms with E-state index in [4.69, 9.17) is 5.11 Å². The van der Waals surface area contributed by atoms with Crippen LogP contribution in [0.4, 0.5) is 0 Å². The molecule has 1 unspecified atom stereocenters. The summed E-state index contributed by atoms with van der Waals surface area (Å²) >= 11 is 0. The first-order chi connectivity index (χ1) is 8.56. The highest BCUT2D eigenvalue weighted by molar-refractivity contribution is 5.70. The van der Waals surface area contributed by atoms with E-state index in [0.717, 1.165) is 25.1 Å². The number of hydrogen-bond donors (Lipinski definition) is 2. The Morgan fingerprint density at radius 3 is 3.06 bits per heavy atom. The minimum atomic E-state index is -0.735. The second-order valence-electron chi connectivity index (χ2n) is 4.83. The van der Waals surface area contributed by atoms with Gasteiger partial charge in [0.25, 0.3) is 0 Å². The molecule has 0 aliphatic carbocycles. The smallest absolute Gasteiger partial charge is 0.307 e. The van der Waals surface area contributed by atoms with E-state index in [-0.39, 0.29) is 11.7 Å². The van der Waals surface area contributed by atoms with E-state index in [0.29, 0.717) is 18.8 Å². The molecule has 2 rings (SSSR count). The second-order valence-corrected chi connectivity index (χ2v) is 4.83. The Hall–Kier alpha value is -1.62. The molecule has 98 valence electrons. The van der Waals surface area contributed by atoms with Crippen molar-refractivity contribution in [2.24, 2.45) is 5.92 Å². The molecular formula is C13H18N2O3.